The van der Waals surface area contributed by atoms with E-state index in [0.717, 1.165) is 43.9 Å². The molecule has 12 unspecified atom stereocenters. The van der Waals surface area contributed by atoms with Crippen LogP contribution in [0.5, 0.6) is 0 Å². The molecule has 0 bridgehead atoms. The van der Waals surface area contributed by atoms with Crippen molar-refractivity contribution in [1.29, 1.82) is 0 Å². The molecule has 7 aliphatic rings. The predicted octanol–water partition coefficient (Wildman–Crippen LogP) is 6.74. The minimum Gasteiger partial charge on any atom is -0.373 e. The van der Waals surface area contributed by atoms with E-state index in [1.807, 2.05) is 0 Å². The van der Waals surface area contributed by atoms with Gasteiger partial charge in [-0.3, -0.25) is 0 Å². The number of ether oxygens (including phenoxy) is 5. The van der Waals surface area contributed by atoms with E-state index < -0.39 is 0 Å². The molecule has 1 N–H and O–H groups in total. The van der Waals surface area contributed by atoms with Gasteiger partial charge in [0.15, 0.2) is 6.29 Å². The Kier molecular flexibility index (Phi) is 7.72. The van der Waals surface area contributed by atoms with Crippen LogP contribution in [0.1, 0.15) is 113 Å². The molecule has 7 rings (SSSR count). The van der Waals surface area contributed by atoms with Crippen molar-refractivity contribution in [2.75, 3.05) is 32.9 Å². The maximum atomic E-state index is 7.13. The zero-order valence-electron chi connectivity index (χ0n) is 27.8. The Morgan fingerprint density at radius 2 is 1.71 bits per heavy atom. The summed E-state index contributed by atoms with van der Waals surface area (Å²) in [6, 6.07) is 0. The summed E-state index contributed by atoms with van der Waals surface area (Å²) in [5.74, 6) is 3.16. The number of rotatable bonds is 8. The lowest BCUT2D eigenvalue weighted by molar-refractivity contribution is -0.232. The van der Waals surface area contributed by atoms with Crippen molar-refractivity contribution in [2.24, 2.45) is 45.3 Å². The molecule has 42 heavy (non-hydrogen) atoms. The van der Waals surface area contributed by atoms with Crippen molar-refractivity contribution >= 4 is 0 Å². The zero-order chi connectivity index (χ0) is 29.5. The van der Waals surface area contributed by atoms with Gasteiger partial charge in [-0.15, -0.1) is 0 Å². The fourth-order valence-electron chi connectivity index (χ4n) is 12.9. The molecule has 12 atom stereocenters. The predicted molar refractivity (Wildman–Crippen MR) is 164 cm³/mol. The van der Waals surface area contributed by atoms with Crippen molar-refractivity contribution in [3.8, 4) is 0 Å². The minimum atomic E-state index is -0.338. The van der Waals surface area contributed by atoms with Crippen LogP contribution >= 0.6 is 0 Å². The molecule has 0 aromatic carbocycles. The highest BCUT2D eigenvalue weighted by Crippen LogP contribution is 2.87. The third kappa shape index (κ3) is 4.38. The molecule has 6 nitrogen and oxygen atoms in total. The number of nitrogens with one attached hydrogen (secondary N) is 1. The van der Waals surface area contributed by atoms with E-state index in [0.29, 0.717) is 47.6 Å². The molecule has 0 amide bonds. The Hall–Kier alpha value is -0.240. The summed E-state index contributed by atoms with van der Waals surface area (Å²) in [5, 5.41) is 3.46. The maximum Gasteiger partial charge on any atom is 0.170 e. The van der Waals surface area contributed by atoms with Crippen LogP contribution in [0.4, 0.5) is 0 Å². The molecule has 7 fully saturated rings. The van der Waals surface area contributed by atoms with E-state index in [4.69, 9.17) is 23.7 Å². The summed E-state index contributed by atoms with van der Waals surface area (Å²) in [5.41, 5.74) is 1.42. The molecule has 2 aliphatic heterocycles. The van der Waals surface area contributed by atoms with Gasteiger partial charge >= 0.3 is 0 Å². The topological polar surface area (TPSA) is 58.2 Å². The van der Waals surface area contributed by atoms with Crippen molar-refractivity contribution in [1.82, 2.24) is 5.32 Å². The van der Waals surface area contributed by atoms with Gasteiger partial charge in [0.1, 0.15) is 6.10 Å². The molecule has 2 saturated heterocycles. The third-order valence-corrected chi connectivity index (χ3v) is 14.7. The van der Waals surface area contributed by atoms with E-state index in [2.05, 4.69) is 53.8 Å². The Bertz CT molecular complexity index is 995. The summed E-state index contributed by atoms with van der Waals surface area (Å²) in [7, 11) is 0. The Morgan fingerprint density at radius 1 is 0.905 bits per heavy atom. The van der Waals surface area contributed by atoms with Crippen molar-refractivity contribution in [3.05, 3.63) is 0 Å². The molecule has 6 heteroatoms. The van der Waals surface area contributed by atoms with Gasteiger partial charge in [-0.1, -0.05) is 20.8 Å². The van der Waals surface area contributed by atoms with Crippen LogP contribution < -0.4 is 5.32 Å². The van der Waals surface area contributed by atoms with Gasteiger partial charge in [-0.05, 0) is 137 Å². The van der Waals surface area contributed by atoms with Crippen molar-refractivity contribution in [2.45, 2.75) is 149 Å². The smallest absolute Gasteiger partial charge is 0.170 e. The number of hydrogen-bond donors (Lipinski definition) is 1. The monoisotopic (exact) mass is 587 g/mol. The van der Waals surface area contributed by atoms with Crippen molar-refractivity contribution in [3.63, 3.8) is 0 Å². The van der Waals surface area contributed by atoms with E-state index in [1.165, 1.54) is 57.8 Å². The summed E-state index contributed by atoms with van der Waals surface area (Å²) < 4.78 is 32.4. The second-order valence-electron chi connectivity index (χ2n) is 16.9. The van der Waals surface area contributed by atoms with E-state index >= 15 is 0 Å². The number of fused-ring (bicyclic) bond motifs is 4. The summed E-state index contributed by atoms with van der Waals surface area (Å²) in [6.07, 6.45) is 14.1. The van der Waals surface area contributed by atoms with E-state index in [9.17, 15) is 0 Å². The molecule has 0 aromatic rings. The molecule has 2 heterocycles. The second kappa shape index (κ2) is 10.7. The molecular formula is C36H61NO5. The number of morpholine rings is 1. The van der Waals surface area contributed by atoms with Gasteiger partial charge in [-0.25, -0.2) is 0 Å². The summed E-state index contributed by atoms with van der Waals surface area (Å²) >= 11 is 0. The third-order valence-electron chi connectivity index (χ3n) is 14.7. The van der Waals surface area contributed by atoms with Gasteiger partial charge in [0, 0.05) is 26.3 Å². The van der Waals surface area contributed by atoms with Crippen LogP contribution in [0.2, 0.25) is 0 Å². The first-order valence-electron chi connectivity index (χ1n) is 17.9. The van der Waals surface area contributed by atoms with E-state index in [-0.39, 0.29) is 29.5 Å². The van der Waals surface area contributed by atoms with Crippen molar-refractivity contribution < 1.29 is 23.7 Å². The highest BCUT2D eigenvalue weighted by atomic mass is 16.7. The molecule has 5 saturated carbocycles. The molecule has 240 valence electrons. The van der Waals surface area contributed by atoms with Crippen LogP contribution in [0.15, 0.2) is 0 Å². The standard InChI is InChI=1S/C36H61NO5/c1-8-38-31(33(5,6)40-9-2)26-12-10-24-27(41-26)20-25-23-11-13-28-32(3,4)29(42-30-21-37-18-19-39-30)14-15-36(28)22-35(23,36)17-16-34(24,25)7/h23-31,37H,8-22H2,1-7H3. The average Bonchev–Trinajstić information content (AvgIpc) is 3.53. The Morgan fingerprint density at radius 3 is 2.45 bits per heavy atom. The lowest BCUT2D eigenvalue weighted by Gasteiger charge is -2.60. The van der Waals surface area contributed by atoms with Gasteiger partial charge in [0.05, 0.1) is 30.5 Å². The molecule has 2 spiro atoms. The SMILES string of the molecule is CCOC(C1CCC2C(CC3C4CCC5C(C)(C)C(OC6CNCCO6)CCC56CC46CCC23C)O1)C(C)(C)OCC. The van der Waals surface area contributed by atoms with Crippen LogP contribution in [0, 0.1) is 45.3 Å². The zero-order valence-corrected chi connectivity index (χ0v) is 27.8. The normalized spacial score (nSPS) is 50.1. The second-order valence-corrected chi connectivity index (χ2v) is 16.9. The highest BCUT2D eigenvalue weighted by molar-refractivity contribution is 5.29. The first-order chi connectivity index (χ1) is 20.0. The fraction of sp³-hybridized carbons (Fsp3) is 1.00. The van der Waals surface area contributed by atoms with Crippen LogP contribution in [-0.4, -0.2) is 69.2 Å². The molecular weight excluding hydrogens is 526 g/mol. The van der Waals surface area contributed by atoms with E-state index in [1.54, 1.807) is 0 Å². The fourth-order valence-corrected chi connectivity index (χ4v) is 12.9. The maximum absolute atomic E-state index is 7.13. The average molecular weight is 588 g/mol. The van der Waals surface area contributed by atoms with Crippen LogP contribution in [0.3, 0.4) is 0 Å². The lowest BCUT2D eigenvalue weighted by Crippen LogP contribution is -2.56. The highest BCUT2D eigenvalue weighted by Gasteiger charge is 2.80. The van der Waals surface area contributed by atoms with Gasteiger partial charge in [0.2, 0.25) is 0 Å². The quantitative estimate of drug-likeness (QED) is 0.339. The minimum absolute atomic E-state index is 0.0123. The summed E-state index contributed by atoms with van der Waals surface area (Å²) in [6.45, 7) is 20.3. The van der Waals surface area contributed by atoms with Gasteiger partial charge in [-0.2, -0.15) is 0 Å². The van der Waals surface area contributed by atoms with Crippen LogP contribution in [-0.2, 0) is 23.7 Å². The van der Waals surface area contributed by atoms with Crippen LogP contribution in [0.25, 0.3) is 0 Å². The van der Waals surface area contributed by atoms with Gasteiger partial charge < -0.3 is 29.0 Å². The first-order valence-corrected chi connectivity index (χ1v) is 17.9. The summed E-state index contributed by atoms with van der Waals surface area (Å²) in [4.78, 5) is 0. The molecule has 5 aliphatic carbocycles. The van der Waals surface area contributed by atoms with Gasteiger partial charge in [0.25, 0.3) is 0 Å². The molecule has 0 aromatic heterocycles. The Balaban J connectivity index is 1.07. The first kappa shape index (κ1) is 30.4. The Labute approximate surface area is 256 Å². The lowest BCUT2D eigenvalue weighted by atomic mass is 9.46. The number of hydrogen-bond acceptors (Lipinski definition) is 6. The molecule has 0 radical (unpaired) electrons. The largest absolute Gasteiger partial charge is 0.373 e.